The van der Waals surface area contributed by atoms with Crippen LogP contribution in [0.3, 0.4) is 0 Å². The number of anilines is 1. The molecule has 0 N–H and O–H groups in total. The molecule has 2 heterocycles. The lowest BCUT2D eigenvalue weighted by atomic mass is 10.1. The van der Waals surface area contributed by atoms with Crippen molar-refractivity contribution in [1.29, 1.82) is 5.26 Å². The van der Waals surface area contributed by atoms with Gasteiger partial charge in [0.05, 0.1) is 10.2 Å². The zero-order chi connectivity index (χ0) is 21.3. The van der Waals surface area contributed by atoms with Gasteiger partial charge in [0.1, 0.15) is 29.2 Å². The van der Waals surface area contributed by atoms with Gasteiger partial charge in [-0.2, -0.15) is 5.26 Å². The number of carbonyl (C=O) groups is 1. The number of carbonyl (C=O) groups excluding carboxylic acids is 1. The van der Waals surface area contributed by atoms with E-state index < -0.39 is 0 Å². The lowest BCUT2D eigenvalue weighted by Gasteiger charge is -2.26. The Bertz CT molecular complexity index is 1190. The second kappa shape index (κ2) is 8.38. The van der Waals surface area contributed by atoms with Gasteiger partial charge in [-0.15, -0.1) is 24.0 Å². The van der Waals surface area contributed by atoms with Crippen LogP contribution in [0.4, 0.5) is 5.69 Å². The molecule has 1 aliphatic heterocycles. The van der Waals surface area contributed by atoms with E-state index in [1.54, 1.807) is 29.2 Å². The molecule has 1 aromatic heterocycles. The number of thiazole rings is 1. The first-order valence-corrected chi connectivity index (χ1v) is 10.7. The lowest BCUT2D eigenvalue weighted by Crippen LogP contribution is -2.37. The maximum absolute atomic E-state index is 13.3. The zero-order valence-corrected chi connectivity index (χ0v) is 18.2. The number of fused-ring (bicyclic) bond motifs is 2. The molecule has 0 saturated carbocycles. The SMILES string of the molecule is CC(C)N(C(=O)/C(C#N)=C\c1ccc2c(c1)OCCO2)c1ccc2nc(S)sc2c1. The number of thiol groups is 1. The molecule has 0 fully saturated rings. The third-order valence-electron chi connectivity index (χ3n) is 4.60. The molecule has 0 bridgehead atoms. The Morgan fingerprint density at radius 2 is 2.00 bits per heavy atom. The molecule has 0 saturated heterocycles. The summed E-state index contributed by atoms with van der Waals surface area (Å²) in [6, 6.07) is 12.9. The summed E-state index contributed by atoms with van der Waals surface area (Å²) in [4.78, 5) is 19.3. The third-order valence-corrected chi connectivity index (χ3v) is 5.80. The maximum atomic E-state index is 13.3. The molecule has 0 atom stereocenters. The fourth-order valence-electron chi connectivity index (χ4n) is 3.29. The number of aromatic nitrogens is 1. The fourth-order valence-corrected chi connectivity index (χ4v) is 4.43. The van der Waals surface area contributed by atoms with Crippen molar-refractivity contribution < 1.29 is 14.3 Å². The number of ether oxygens (including phenoxy) is 2. The number of amides is 1. The molecule has 1 aliphatic rings. The highest BCUT2D eigenvalue weighted by Gasteiger charge is 2.24. The molecule has 3 aromatic rings. The van der Waals surface area contributed by atoms with Crippen molar-refractivity contribution in [2.45, 2.75) is 24.2 Å². The van der Waals surface area contributed by atoms with E-state index in [4.69, 9.17) is 9.47 Å². The van der Waals surface area contributed by atoms with Gasteiger partial charge in [0.2, 0.25) is 0 Å². The van der Waals surface area contributed by atoms with Crippen LogP contribution in [0, 0.1) is 11.3 Å². The predicted octanol–water partition coefficient (Wildman–Crippen LogP) is 4.70. The maximum Gasteiger partial charge on any atom is 0.269 e. The van der Waals surface area contributed by atoms with Gasteiger partial charge in [-0.3, -0.25) is 4.79 Å². The topological polar surface area (TPSA) is 75.5 Å². The lowest BCUT2D eigenvalue weighted by molar-refractivity contribution is -0.115. The van der Waals surface area contributed by atoms with Crippen molar-refractivity contribution >= 4 is 51.9 Å². The van der Waals surface area contributed by atoms with Crippen molar-refractivity contribution in [3.63, 3.8) is 0 Å². The predicted molar refractivity (Wildman–Crippen MR) is 121 cm³/mol. The first-order valence-electron chi connectivity index (χ1n) is 9.41. The molecular weight excluding hydrogens is 418 g/mol. The minimum Gasteiger partial charge on any atom is -0.486 e. The van der Waals surface area contributed by atoms with E-state index in [1.165, 1.54) is 11.3 Å². The van der Waals surface area contributed by atoms with Gasteiger partial charge in [0.15, 0.2) is 11.5 Å². The van der Waals surface area contributed by atoms with Gasteiger partial charge in [-0.05, 0) is 55.8 Å². The third kappa shape index (κ3) is 3.99. The van der Waals surface area contributed by atoms with Crippen LogP contribution in [0.1, 0.15) is 19.4 Å². The minimum absolute atomic E-state index is 0.0414. The number of nitrogens with zero attached hydrogens (tertiary/aromatic N) is 3. The van der Waals surface area contributed by atoms with Crippen LogP contribution >= 0.6 is 24.0 Å². The molecule has 152 valence electrons. The standard InChI is InChI=1S/C22H19N3O3S2/c1-13(2)25(16-4-5-17-20(11-16)30-22(29)24-17)21(26)15(12-23)9-14-3-6-18-19(10-14)28-8-7-27-18/h3-6,9-11,13H,7-8H2,1-2H3,(H,24,29)/b15-9-. The molecule has 4 rings (SSSR count). The van der Waals surface area contributed by atoms with E-state index in [2.05, 4.69) is 23.7 Å². The van der Waals surface area contributed by atoms with Crippen LogP contribution in [0.5, 0.6) is 11.5 Å². The van der Waals surface area contributed by atoms with E-state index in [0.29, 0.717) is 40.3 Å². The van der Waals surface area contributed by atoms with E-state index in [0.717, 1.165) is 10.2 Å². The van der Waals surface area contributed by atoms with Crippen molar-refractivity contribution in [2.75, 3.05) is 18.1 Å². The van der Waals surface area contributed by atoms with E-state index >= 15 is 0 Å². The summed E-state index contributed by atoms with van der Waals surface area (Å²) in [6.07, 6.45) is 1.58. The smallest absolute Gasteiger partial charge is 0.269 e. The largest absolute Gasteiger partial charge is 0.486 e. The zero-order valence-electron chi connectivity index (χ0n) is 16.5. The fraction of sp³-hybridized carbons (Fsp3) is 0.227. The van der Waals surface area contributed by atoms with Crippen LogP contribution in [-0.2, 0) is 4.79 Å². The van der Waals surface area contributed by atoms with Gasteiger partial charge in [-0.1, -0.05) is 6.07 Å². The molecule has 0 spiro atoms. The van der Waals surface area contributed by atoms with E-state index in [1.807, 2.05) is 32.0 Å². The molecule has 6 nitrogen and oxygen atoms in total. The first kappa shape index (κ1) is 20.3. The number of hydrogen-bond acceptors (Lipinski definition) is 7. The quantitative estimate of drug-likeness (QED) is 0.364. The highest BCUT2D eigenvalue weighted by atomic mass is 32.2. The summed E-state index contributed by atoms with van der Waals surface area (Å²) in [5, 5.41) is 9.71. The Kier molecular flexibility index (Phi) is 5.66. The second-order valence-corrected chi connectivity index (χ2v) is 8.75. The van der Waals surface area contributed by atoms with Crippen LogP contribution in [0.15, 0.2) is 46.3 Å². The number of nitriles is 1. The second-order valence-electron chi connectivity index (χ2n) is 6.99. The average molecular weight is 438 g/mol. The van der Waals surface area contributed by atoms with Gasteiger partial charge in [0.25, 0.3) is 5.91 Å². The average Bonchev–Trinajstić information content (AvgIpc) is 3.11. The molecule has 0 radical (unpaired) electrons. The van der Waals surface area contributed by atoms with Gasteiger partial charge >= 0.3 is 0 Å². The van der Waals surface area contributed by atoms with E-state index in [-0.39, 0.29) is 17.5 Å². The minimum atomic E-state index is -0.364. The van der Waals surface area contributed by atoms with Gasteiger partial charge in [-0.25, -0.2) is 4.98 Å². The van der Waals surface area contributed by atoms with Gasteiger partial charge < -0.3 is 14.4 Å². The summed E-state index contributed by atoms with van der Waals surface area (Å²) in [6.45, 7) is 4.81. The Balaban J connectivity index is 1.69. The Hall–Kier alpha value is -3.02. The summed E-state index contributed by atoms with van der Waals surface area (Å²) in [5.41, 5.74) is 2.28. The van der Waals surface area contributed by atoms with Crippen LogP contribution in [0.25, 0.3) is 16.3 Å². The highest BCUT2D eigenvalue weighted by molar-refractivity contribution is 7.82. The van der Waals surface area contributed by atoms with E-state index in [9.17, 15) is 10.1 Å². The van der Waals surface area contributed by atoms with Crippen molar-refractivity contribution in [3.8, 4) is 17.6 Å². The molecule has 2 aromatic carbocycles. The molecule has 0 aliphatic carbocycles. The summed E-state index contributed by atoms with van der Waals surface area (Å²) < 4.78 is 12.7. The highest BCUT2D eigenvalue weighted by Crippen LogP contribution is 2.32. The molecule has 1 amide bonds. The van der Waals surface area contributed by atoms with Crippen molar-refractivity contribution in [1.82, 2.24) is 4.98 Å². The van der Waals surface area contributed by atoms with Crippen molar-refractivity contribution in [3.05, 3.63) is 47.5 Å². The molecule has 8 heteroatoms. The van der Waals surface area contributed by atoms with Crippen LogP contribution < -0.4 is 14.4 Å². The van der Waals surface area contributed by atoms with Gasteiger partial charge in [0, 0.05) is 11.7 Å². The normalized spacial score (nSPS) is 13.4. The first-order chi connectivity index (χ1) is 14.5. The van der Waals surface area contributed by atoms with Crippen LogP contribution in [-0.4, -0.2) is 30.1 Å². The number of hydrogen-bond donors (Lipinski definition) is 1. The Labute approximate surface area is 183 Å². The van der Waals surface area contributed by atoms with Crippen molar-refractivity contribution in [2.24, 2.45) is 0 Å². The monoisotopic (exact) mass is 437 g/mol. The Morgan fingerprint density at radius 1 is 1.23 bits per heavy atom. The van der Waals surface area contributed by atoms with Crippen LogP contribution in [0.2, 0.25) is 0 Å². The summed E-state index contributed by atoms with van der Waals surface area (Å²) in [5.74, 6) is 0.907. The molecular formula is C22H19N3O3S2. The summed E-state index contributed by atoms with van der Waals surface area (Å²) >= 11 is 5.75. The molecule has 0 unspecified atom stereocenters. The Morgan fingerprint density at radius 3 is 2.73 bits per heavy atom. The number of benzene rings is 2. The summed E-state index contributed by atoms with van der Waals surface area (Å²) in [7, 11) is 0. The molecule has 30 heavy (non-hydrogen) atoms. The number of rotatable bonds is 4.